The van der Waals surface area contributed by atoms with Crippen LogP contribution in [0.15, 0.2) is 53.0 Å². The van der Waals surface area contributed by atoms with Gasteiger partial charge in [0, 0.05) is 16.7 Å². The summed E-state index contributed by atoms with van der Waals surface area (Å²) in [6.07, 6.45) is 0. The summed E-state index contributed by atoms with van der Waals surface area (Å²) in [4.78, 5) is 4.73. The Bertz CT molecular complexity index is 719. The van der Waals surface area contributed by atoms with E-state index in [1.54, 1.807) is 0 Å². The molecule has 1 heterocycles. The largest absolute Gasteiger partial charge is 0.378 e. The van der Waals surface area contributed by atoms with E-state index in [4.69, 9.17) is 4.98 Å². The Morgan fingerprint density at radius 2 is 1.95 bits per heavy atom. The van der Waals surface area contributed by atoms with Crippen molar-refractivity contribution in [3.05, 3.63) is 58.8 Å². The zero-order valence-corrected chi connectivity index (χ0v) is 12.9. The van der Waals surface area contributed by atoms with Crippen LogP contribution in [0.25, 0.3) is 11.0 Å². The average molecular weight is 330 g/mol. The van der Waals surface area contributed by atoms with Crippen molar-refractivity contribution in [2.45, 2.75) is 20.0 Å². The van der Waals surface area contributed by atoms with Gasteiger partial charge in [0.25, 0.3) is 0 Å². The van der Waals surface area contributed by atoms with Gasteiger partial charge in [0.15, 0.2) is 0 Å². The molecule has 4 heteroatoms. The molecule has 0 saturated carbocycles. The van der Waals surface area contributed by atoms with Gasteiger partial charge in [0.1, 0.15) is 5.82 Å². The zero-order chi connectivity index (χ0) is 13.9. The maximum Gasteiger partial charge on any atom is 0.129 e. The van der Waals surface area contributed by atoms with Gasteiger partial charge in [-0.05, 0) is 37.3 Å². The second-order valence-corrected chi connectivity index (χ2v) is 5.54. The van der Waals surface area contributed by atoms with E-state index in [1.165, 1.54) is 5.52 Å². The molecule has 1 N–H and O–H groups in total. The molecule has 0 amide bonds. The fourth-order valence-corrected chi connectivity index (χ4v) is 2.73. The Labute approximate surface area is 126 Å². The molecular formula is C16H16BrN3. The summed E-state index contributed by atoms with van der Waals surface area (Å²) in [5, 5.41) is 3.42. The van der Waals surface area contributed by atoms with Crippen molar-refractivity contribution in [1.82, 2.24) is 9.55 Å². The van der Waals surface area contributed by atoms with Gasteiger partial charge in [-0.3, -0.25) is 0 Å². The first-order chi connectivity index (χ1) is 9.78. The lowest BCUT2D eigenvalue weighted by Gasteiger charge is -2.08. The Balaban J connectivity index is 1.91. The molecule has 3 nitrogen and oxygen atoms in total. The van der Waals surface area contributed by atoms with Crippen LogP contribution >= 0.6 is 15.9 Å². The number of nitrogens with zero attached hydrogens (tertiary/aromatic N) is 2. The van der Waals surface area contributed by atoms with Crippen LogP contribution in [0.1, 0.15) is 12.7 Å². The number of para-hydroxylation sites is 1. The molecule has 0 aliphatic carbocycles. The molecule has 3 aromatic rings. The van der Waals surface area contributed by atoms with Crippen molar-refractivity contribution in [2.75, 3.05) is 5.32 Å². The van der Waals surface area contributed by atoms with E-state index < -0.39 is 0 Å². The van der Waals surface area contributed by atoms with Crippen LogP contribution in [0.3, 0.4) is 0 Å². The summed E-state index contributed by atoms with van der Waals surface area (Å²) in [6, 6.07) is 16.4. The quantitative estimate of drug-likeness (QED) is 0.767. The Kier molecular flexibility index (Phi) is 3.74. The summed E-state index contributed by atoms with van der Waals surface area (Å²) < 4.78 is 3.31. The van der Waals surface area contributed by atoms with Crippen LogP contribution in [0.2, 0.25) is 0 Å². The minimum atomic E-state index is 0.726. The lowest BCUT2D eigenvalue weighted by atomic mass is 10.3. The molecular weight excluding hydrogens is 314 g/mol. The predicted molar refractivity (Wildman–Crippen MR) is 86.9 cm³/mol. The fraction of sp³-hybridized carbons (Fsp3) is 0.188. The van der Waals surface area contributed by atoms with Crippen molar-refractivity contribution in [2.24, 2.45) is 0 Å². The SMILES string of the molecule is CCn1c(CNc2ccccc2)nc2cc(Br)ccc21. The first-order valence-corrected chi connectivity index (χ1v) is 7.51. The molecule has 1 aromatic heterocycles. The van der Waals surface area contributed by atoms with Crippen LogP contribution in [-0.4, -0.2) is 9.55 Å². The summed E-state index contributed by atoms with van der Waals surface area (Å²) in [7, 11) is 0. The Hall–Kier alpha value is -1.81. The van der Waals surface area contributed by atoms with Crippen LogP contribution in [-0.2, 0) is 13.1 Å². The molecule has 0 aliphatic rings. The lowest BCUT2D eigenvalue weighted by molar-refractivity contribution is 0.729. The maximum atomic E-state index is 4.73. The summed E-state index contributed by atoms with van der Waals surface area (Å²) in [5.41, 5.74) is 3.33. The number of anilines is 1. The third-order valence-corrected chi connectivity index (χ3v) is 3.82. The number of fused-ring (bicyclic) bond motifs is 1. The van der Waals surface area contributed by atoms with Crippen molar-refractivity contribution >= 4 is 32.7 Å². The summed E-state index contributed by atoms with van der Waals surface area (Å²) in [5.74, 6) is 1.06. The van der Waals surface area contributed by atoms with E-state index >= 15 is 0 Å². The van der Waals surface area contributed by atoms with Gasteiger partial charge >= 0.3 is 0 Å². The highest BCUT2D eigenvalue weighted by molar-refractivity contribution is 9.10. The minimum absolute atomic E-state index is 0.726. The van der Waals surface area contributed by atoms with E-state index in [1.807, 2.05) is 18.2 Å². The van der Waals surface area contributed by atoms with Gasteiger partial charge in [-0.2, -0.15) is 0 Å². The van der Waals surface area contributed by atoms with E-state index in [-0.39, 0.29) is 0 Å². The molecule has 0 radical (unpaired) electrons. The van der Waals surface area contributed by atoms with Crippen LogP contribution in [0.4, 0.5) is 5.69 Å². The second kappa shape index (κ2) is 5.67. The Morgan fingerprint density at radius 1 is 1.15 bits per heavy atom. The number of rotatable bonds is 4. The molecule has 0 spiro atoms. The van der Waals surface area contributed by atoms with Crippen molar-refractivity contribution in [3.8, 4) is 0 Å². The zero-order valence-electron chi connectivity index (χ0n) is 11.3. The first kappa shape index (κ1) is 13.2. The lowest BCUT2D eigenvalue weighted by Crippen LogP contribution is -2.07. The van der Waals surface area contributed by atoms with Gasteiger partial charge in [-0.1, -0.05) is 34.1 Å². The highest BCUT2D eigenvalue weighted by Crippen LogP contribution is 2.21. The van der Waals surface area contributed by atoms with Gasteiger partial charge in [0.05, 0.1) is 17.6 Å². The molecule has 3 rings (SSSR count). The van der Waals surface area contributed by atoms with Crippen molar-refractivity contribution < 1.29 is 0 Å². The standard InChI is InChI=1S/C16H16BrN3/c1-2-20-15-9-8-12(17)10-14(15)19-16(20)11-18-13-6-4-3-5-7-13/h3-10,18H,2,11H2,1H3. The number of halogens is 1. The number of nitrogens with one attached hydrogen (secondary N) is 1. The number of hydrogen-bond acceptors (Lipinski definition) is 2. The van der Waals surface area contributed by atoms with Crippen LogP contribution in [0, 0.1) is 0 Å². The maximum absolute atomic E-state index is 4.73. The summed E-state index contributed by atoms with van der Waals surface area (Å²) >= 11 is 3.50. The monoisotopic (exact) mass is 329 g/mol. The predicted octanol–water partition coefficient (Wildman–Crippen LogP) is 4.43. The smallest absolute Gasteiger partial charge is 0.129 e. The van der Waals surface area contributed by atoms with Crippen molar-refractivity contribution in [1.29, 1.82) is 0 Å². The minimum Gasteiger partial charge on any atom is -0.378 e. The molecule has 0 atom stereocenters. The molecule has 20 heavy (non-hydrogen) atoms. The average Bonchev–Trinajstić information content (AvgIpc) is 2.82. The number of benzene rings is 2. The topological polar surface area (TPSA) is 29.9 Å². The highest BCUT2D eigenvalue weighted by atomic mass is 79.9. The van der Waals surface area contributed by atoms with Gasteiger partial charge in [-0.25, -0.2) is 4.98 Å². The number of aryl methyl sites for hydroxylation is 1. The second-order valence-electron chi connectivity index (χ2n) is 4.62. The normalized spacial score (nSPS) is 10.9. The fourth-order valence-electron chi connectivity index (χ4n) is 2.38. The number of aromatic nitrogens is 2. The molecule has 0 aliphatic heterocycles. The molecule has 0 saturated heterocycles. The van der Waals surface area contributed by atoms with Crippen molar-refractivity contribution in [3.63, 3.8) is 0 Å². The number of hydrogen-bond donors (Lipinski definition) is 1. The van der Waals surface area contributed by atoms with Crippen LogP contribution in [0.5, 0.6) is 0 Å². The molecule has 0 bridgehead atoms. The third kappa shape index (κ3) is 2.56. The third-order valence-electron chi connectivity index (χ3n) is 3.33. The molecule has 0 unspecified atom stereocenters. The highest BCUT2D eigenvalue weighted by Gasteiger charge is 2.09. The molecule has 2 aromatic carbocycles. The van der Waals surface area contributed by atoms with E-state index in [9.17, 15) is 0 Å². The summed E-state index contributed by atoms with van der Waals surface area (Å²) in [6.45, 7) is 3.79. The van der Waals surface area contributed by atoms with E-state index in [2.05, 4.69) is 63.1 Å². The van der Waals surface area contributed by atoms with E-state index in [0.717, 1.165) is 34.6 Å². The molecule has 102 valence electrons. The first-order valence-electron chi connectivity index (χ1n) is 6.71. The Morgan fingerprint density at radius 3 is 2.70 bits per heavy atom. The van der Waals surface area contributed by atoms with Gasteiger partial charge in [-0.15, -0.1) is 0 Å². The molecule has 0 fully saturated rings. The van der Waals surface area contributed by atoms with Gasteiger partial charge in [0.2, 0.25) is 0 Å². The van der Waals surface area contributed by atoms with E-state index in [0.29, 0.717) is 0 Å². The number of imidazole rings is 1. The van der Waals surface area contributed by atoms with Crippen LogP contribution < -0.4 is 5.32 Å². The van der Waals surface area contributed by atoms with Gasteiger partial charge < -0.3 is 9.88 Å².